The highest BCUT2D eigenvalue weighted by molar-refractivity contribution is 5.90. The van der Waals surface area contributed by atoms with E-state index < -0.39 is 0 Å². The van der Waals surface area contributed by atoms with Crippen molar-refractivity contribution in [3.05, 3.63) is 54.4 Å². The Morgan fingerprint density at radius 1 is 1.31 bits per heavy atom. The van der Waals surface area contributed by atoms with E-state index in [0.717, 1.165) is 24.8 Å². The topological polar surface area (TPSA) is 77.4 Å². The van der Waals surface area contributed by atoms with E-state index in [-0.39, 0.29) is 23.4 Å². The SMILES string of the molecule is O=C(c1ncccn1)N1CCC[C@]2(C[C@H](OCc3cccnc3)CO2)C1. The van der Waals surface area contributed by atoms with Crippen LogP contribution in [0.2, 0.25) is 0 Å². The number of ether oxygens (including phenoxy) is 2. The maximum Gasteiger partial charge on any atom is 0.291 e. The van der Waals surface area contributed by atoms with Crippen molar-refractivity contribution in [2.75, 3.05) is 19.7 Å². The minimum atomic E-state index is -0.317. The summed E-state index contributed by atoms with van der Waals surface area (Å²) in [5, 5.41) is 0. The standard InChI is InChI=1S/C19H22N4O3/c24-18(17-21-7-3-8-22-17)23-9-2-5-19(14-23)10-16(13-26-19)25-12-15-4-1-6-20-11-15/h1,3-4,6-8,11,16H,2,5,9-10,12-14H2/t16-,19-/m0/s1. The number of piperidine rings is 1. The number of carbonyl (C=O) groups excluding carboxylic acids is 1. The predicted molar refractivity (Wildman–Crippen MR) is 93.3 cm³/mol. The summed E-state index contributed by atoms with van der Waals surface area (Å²) in [6.07, 6.45) is 9.44. The summed E-state index contributed by atoms with van der Waals surface area (Å²) < 4.78 is 12.1. The third kappa shape index (κ3) is 3.73. The van der Waals surface area contributed by atoms with Crippen LogP contribution < -0.4 is 0 Å². The van der Waals surface area contributed by atoms with Gasteiger partial charge in [0.25, 0.3) is 5.91 Å². The molecule has 4 rings (SSSR count). The van der Waals surface area contributed by atoms with Crippen molar-refractivity contribution in [2.24, 2.45) is 0 Å². The van der Waals surface area contributed by atoms with Crippen LogP contribution >= 0.6 is 0 Å². The lowest BCUT2D eigenvalue weighted by Gasteiger charge is -2.39. The predicted octanol–water partition coefficient (Wildman–Crippen LogP) is 1.85. The molecule has 26 heavy (non-hydrogen) atoms. The van der Waals surface area contributed by atoms with Gasteiger partial charge in [0.2, 0.25) is 5.82 Å². The van der Waals surface area contributed by atoms with E-state index in [1.54, 1.807) is 24.7 Å². The molecule has 1 amide bonds. The van der Waals surface area contributed by atoms with E-state index in [9.17, 15) is 4.79 Å². The molecule has 1 spiro atoms. The largest absolute Gasteiger partial charge is 0.371 e. The average molecular weight is 354 g/mol. The number of rotatable bonds is 4. The fourth-order valence-electron chi connectivity index (χ4n) is 3.71. The zero-order valence-electron chi connectivity index (χ0n) is 14.6. The van der Waals surface area contributed by atoms with E-state index in [1.165, 1.54) is 0 Å². The van der Waals surface area contributed by atoms with Gasteiger partial charge < -0.3 is 14.4 Å². The van der Waals surface area contributed by atoms with Crippen molar-refractivity contribution < 1.29 is 14.3 Å². The fourth-order valence-corrected chi connectivity index (χ4v) is 3.71. The molecule has 0 saturated carbocycles. The molecule has 2 saturated heterocycles. The number of carbonyl (C=O) groups is 1. The molecule has 0 N–H and O–H groups in total. The zero-order chi connectivity index (χ0) is 17.8. The summed E-state index contributed by atoms with van der Waals surface area (Å²) in [4.78, 5) is 26.7. The Labute approximate surface area is 152 Å². The molecular weight excluding hydrogens is 332 g/mol. The van der Waals surface area contributed by atoms with Crippen LogP contribution in [0.25, 0.3) is 0 Å². The molecule has 0 bridgehead atoms. The summed E-state index contributed by atoms with van der Waals surface area (Å²) >= 11 is 0. The fraction of sp³-hybridized carbons (Fsp3) is 0.474. The van der Waals surface area contributed by atoms with Crippen molar-refractivity contribution in [1.29, 1.82) is 0 Å². The highest BCUT2D eigenvalue weighted by Crippen LogP contribution is 2.36. The van der Waals surface area contributed by atoms with Crippen molar-refractivity contribution >= 4 is 5.91 Å². The Hall–Kier alpha value is -2.38. The van der Waals surface area contributed by atoms with Gasteiger partial charge in [-0.1, -0.05) is 6.07 Å². The molecule has 2 aromatic heterocycles. The van der Waals surface area contributed by atoms with Gasteiger partial charge in [0, 0.05) is 37.8 Å². The summed E-state index contributed by atoms with van der Waals surface area (Å²) in [5.41, 5.74) is 0.734. The second-order valence-corrected chi connectivity index (χ2v) is 6.90. The average Bonchev–Trinajstić information content (AvgIpc) is 3.09. The minimum Gasteiger partial charge on any atom is -0.371 e. The smallest absolute Gasteiger partial charge is 0.291 e. The van der Waals surface area contributed by atoms with Gasteiger partial charge in [-0.15, -0.1) is 0 Å². The van der Waals surface area contributed by atoms with E-state index in [1.807, 2.05) is 23.2 Å². The van der Waals surface area contributed by atoms with Crippen LogP contribution in [0.1, 0.15) is 35.4 Å². The monoisotopic (exact) mass is 354 g/mol. The number of amides is 1. The number of aromatic nitrogens is 3. The Kier molecular flexibility index (Phi) is 4.90. The lowest BCUT2D eigenvalue weighted by atomic mass is 9.89. The first-order valence-corrected chi connectivity index (χ1v) is 8.95. The van der Waals surface area contributed by atoms with Crippen molar-refractivity contribution in [3.8, 4) is 0 Å². The lowest BCUT2D eigenvalue weighted by molar-refractivity contribution is -0.0468. The number of hydrogen-bond donors (Lipinski definition) is 0. The molecule has 2 aromatic rings. The molecule has 0 radical (unpaired) electrons. The first-order valence-electron chi connectivity index (χ1n) is 8.95. The van der Waals surface area contributed by atoms with Crippen LogP contribution in [0.3, 0.4) is 0 Å². The Morgan fingerprint density at radius 2 is 2.19 bits per heavy atom. The highest BCUT2D eigenvalue weighted by atomic mass is 16.6. The molecule has 0 aliphatic carbocycles. The molecule has 0 aromatic carbocycles. The number of pyridine rings is 1. The van der Waals surface area contributed by atoms with E-state index in [2.05, 4.69) is 15.0 Å². The quantitative estimate of drug-likeness (QED) is 0.834. The van der Waals surface area contributed by atoms with Gasteiger partial charge in [0.05, 0.1) is 31.5 Å². The lowest BCUT2D eigenvalue weighted by Crippen LogP contribution is -2.50. The molecule has 2 aliphatic heterocycles. The van der Waals surface area contributed by atoms with Crippen LogP contribution in [-0.4, -0.2) is 57.2 Å². The van der Waals surface area contributed by atoms with Gasteiger partial charge in [0.1, 0.15) is 0 Å². The number of hydrogen-bond acceptors (Lipinski definition) is 6. The number of likely N-dealkylation sites (tertiary alicyclic amines) is 1. The van der Waals surface area contributed by atoms with Gasteiger partial charge >= 0.3 is 0 Å². The van der Waals surface area contributed by atoms with Crippen LogP contribution in [0, 0.1) is 0 Å². The Bertz CT molecular complexity index is 743. The molecule has 7 heteroatoms. The Balaban J connectivity index is 1.36. The maximum absolute atomic E-state index is 12.6. The molecule has 2 atom stereocenters. The van der Waals surface area contributed by atoms with Gasteiger partial charge in [-0.3, -0.25) is 9.78 Å². The van der Waals surface area contributed by atoms with Gasteiger partial charge in [-0.25, -0.2) is 9.97 Å². The highest BCUT2D eigenvalue weighted by Gasteiger charge is 2.45. The molecule has 136 valence electrons. The first-order chi connectivity index (χ1) is 12.7. The molecule has 2 fully saturated rings. The zero-order valence-corrected chi connectivity index (χ0v) is 14.6. The third-order valence-electron chi connectivity index (χ3n) is 4.97. The van der Waals surface area contributed by atoms with E-state index >= 15 is 0 Å². The molecule has 2 aliphatic rings. The molecule has 4 heterocycles. The number of nitrogens with zero attached hydrogens (tertiary/aromatic N) is 4. The van der Waals surface area contributed by atoms with E-state index in [4.69, 9.17) is 9.47 Å². The van der Waals surface area contributed by atoms with Crippen LogP contribution in [0.15, 0.2) is 43.0 Å². The summed E-state index contributed by atoms with van der Waals surface area (Å²) in [6.45, 7) is 2.36. The second kappa shape index (κ2) is 7.47. The molecule has 7 nitrogen and oxygen atoms in total. The summed E-state index contributed by atoms with van der Waals surface area (Å²) in [5.74, 6) is 0.111. The van der Waals surface area contributed by atoms with Crippen LogP contribution in [0.5, 0.6) is 0 Å². The summed E-state index contributed by atoms with van der Waals surface area (Å²) in [7, 11) is 0. The van der Waals surface area contributed by atoms with Gasteiger partial charge in [0.15, 0.2) is 0 Å². The van der Waals surface area contributed by atoms with Crippen LogP contribution in [-0.2, 0) is 16.1 Å². The normalized spacial score (nSPS) is 25.5. The van der Waals surface area contributed by atoms with Gasteiger partial charge in [-0.05, 0) is 30.5 Å². The van der Waals surface area contributed by atoms with Crippen LogP contribution in [0.4, 0.5) is 0 Å². The minimum absolute atomic E-state index is 0.0400. The maximum atomic E-state index is 12.6. The summed E-state index contributed by atoms with van der Waals surface area (Å²) in [6, 6.07) is 5.61. The van der Waals surface area contributed by atoms with Gasteiger partial charge in [-0.2, -0.15) is 0 Å². The van der Waals surface area contributed by atoms with E-state index in [0.29, 0.717) is 26.3 Å². The molecule has 0 unspecified atom stereocenters. The second-order valence-electron chi connectivity index (χ2n) is 6.90. The Morgan fingerprint density at radius 3 is 3.00 bits per heavy atom. The third-order valence-corrected chi connectivity index (χ3v) is 4.97. The first kappa shape index (κ1) is 17.1. The van der Waals surface area contributed by atoms with Crippen molar-refractivity contribution in [1.82, 2.24) is 19.9 Å². The molecular formula is C19H22N4O3. The van der Waals surface area contributed by atoms with Crippen molar-refractivity contribution in [3.63, 3.8) is 0 Å². The van der Waals surface area contributed by atoms with Crippen molar-refractivity contribution in [2.45, 2.75) is 37.6 Å².